The predicted octanol–water partition coefficient (Wildman–Crippen LogP) is 6.88. The molecule has 1 aliphatic carbocycles. The number of Topliss-reactive ketones (excluding diaryl/α,β-unsaturated/α-hetero) is 2. The number of fused-ring (bicyclic) bond motifs is 3. The van der Waals surface area contributed by atoms with E-state index in [0.717, 1.165) is 37.6 Å². The Labute approximate surface area is 198 Å². The van der Waals surface area contributed by atoms with Crippen LogP contribution in [-0.2, 0) is 7.05 Å². The summed E-state index contributed by atoms with van der Waals surface area (Å²) in [6, 6.07) is 19.7. The fourth-order valence-electron chi connectivity index (χ4n) is 4.45. The summed E-state index contributed by atoms with van der Waals surface area (Å²) in [6.07, 6.45) is 1.68. The van der Waals surface area contributed by atoms with Crippen molar-refractivity contribution in [1.82, 2.24) is 9.55 Å². The molecule has 5 aromatic rings. The number of benzene rings is 3. The normalized spacial score (nSPS) is 14.7. The third kappa shape index (κ3) is 3.00. The van der Waals surface area contributed by atoms with E-state index >= 15 is 0 Å². The number of carbonyl (C=O) groups is 2. The van der Waals surface area contributed by atoms with Crippen LogP contribution in [0.4, 0.5) is 0 Å². The summed E-state index contributed by atoms with van der Waals surface area (Å²) >= 11 is 7.65. The first-order valence-corrected chi connectivity index (χ1v) is 11.7. The van der Waals surface area contributed by atoms with Crippen molar-refractivity contribution in [1.29, 1.82) is 0 Å². The van der Waals surface area contributed by atoms with E-state index in [1.165, 1.54) is 16.7 Å². The molecule has 0 atom stereocenters. The smallest absolute Gasteiger partial charge is 0.197 e. The number of hydrogen-bond acceptors (Lipinski definition) is 4. The van der Waals surface area contributed by atoms with Crippen LogP contribution in [0.3, 0.4) is 0 Å². The summed E-state index contributed by atoms with van der Waals surface area (Å²) in [5.41, 5.74) is 3.79. The Hall–Kier alpha value is -3.54. The standard InChI is InChI=1S/C27H17ClN2O2S/c1-14-10-19-20(13-22(14)28)25(32)21(24(19)31)11-16-12-23-27(33-16)29-26(30(23)2)18-9-5-7-15-6-3-4-8-17(15)18/h3-13H,1-2H3/b21-11-. The second-order valence-electron chi connectivity index (χ2n) is 8.22. The van der Waals surface area contributed by atoms with Crippen LogP contribution in [0.25, 0.3) is 38.6 Å². The van der Waals surface area contributed by atoms with E-state index in [4.69, 9.17) is 16.6 Å². The number of imidazole rings is 1. The molecule has 2 aromatic heterocycles. The number of nitrogens with zero attached hydrogens (tertiary/aromatic N) is 2. The van der Waals surface area contributed by atoms with E-state index in [1.54, 1.807) is 18.2 Å². The summed E-state index contributed by atoms with van der Waals surface area (Å²) in [5.74, 6) is 0.355. The number of hydrogen-bond donors (Lipinski definition) is 0. The number of rotatable bonds is 2. The first-order chi connectivity index (χ1) is 15.9. The van der Waals surface area contributed by atoms with Crippen LogP contribution in [0.1, 0.15) is 31.2 Å². The quantitative estimate of drug-likeness (QED) is 0.209. The Morgan fingerprint density at radius 1 is 0.939 bits per heavy atom. The molecular weight excluding hydrogens is 452 g/mol. The van der Waals surface area contributed by atoms with Crippen LogP contribution in [0.5, 0.6) is 0 Å². The molecule has 0 unspecified atom stereocenters. The third-order valence-electron chi connectivity index (χ3n) is 6.19. The van der Waals surface area contributed by atoms with Gasteiger partial charge in [-0.05, 0) is 47.5 Å². The molecule has 0 N–H and O–H groups in total. The predicted molar refractivity (Wildman–Crippen MR) is 134 cm³/mol. The van der Waals surface area contributed by atoms with Crippen molar-refractivity contribution in [3.8, 4) is 11.4 Å². The van der Waals surface area contributed by atoms with E-state index < -0.39 is 0 Å². The highest BCUT2D eigenvalue weighted by Crippen LogP contribution is 2.36. The first kappa shape index (κ1) is 20.1. The molecule has 33 heavy (non-hydrogen) atoms. The lowest BCUT2D eigenvalue weighted by atomic mass is 10.0. The topological polar surface area (TPSA) is 52.0 Å². The molecule has 0 radical (unpaired) electrons. The van der Waals surface area contributed by atoms with Gasteiger partial charge in [0.05, 0.1) is 11.1 Å². The minimum Gasteiger partial charge on any atom is -0.326 e. The summed E-state index contributed by atoms with van der Waals surface area (Å²) in [4.78, 5) is 32.4. The molecule has 4 nitrogen and oxygen atoms in total. The number of thiophene rings is 1. The zero-order valence-corrected chi connectivity index (χ0v) is 19.4. The van der Waals surface area contributed by atoms with Crippen molar-refractivity contribution in [2.24, 2.45) is 7.05 Å². The highest BCUT2D eigenvalue weighted by atomic mass is 35.5. The monoisotopic (exact) mass is 468 g/mol. The minimum atomic E-state index is -0.279. The van der Waals surface area contributed by atoms with Crippen molar-refractivity contribution in [2.45, 2.75) is 6.92 Å². The van der Waals surface area contributed by atoms with Gasteiger partial charge in [0, 0.05) is 33.6 Å². The average Bonchev–Trinajstić information content (AvgIpc) is 3.42. The lowest BCUT2D eigenvalue weighted by molar-refractivity contribution is 0.0990. The Kier molecular flexibility index (Phi) is 4.41. The highest BCUT2D eigenvalue weighted by Gasteiger charge is 2.34. The maximum atomic E-state index is 12.9. The number of ketones is 2. The largest absolute Gasteiger partial charge is 0.326 e. The van der Waals surface area contributed by atoms with Crippen LogP contribution in [0, 0.1) is 6.92 Å². The molecule has 0 saturated carbocycles. The second kappa shape index (κ2) is 7.24. The molecule has 0 fully saturated rings. The van der Waals surface area contributed by atoms with Crippen molar-refractivity contribution in [3.05, 3.63) is 92.8 Å². The molecule has 0 spiro atoms. The molecule has 0 amide bonds. The maximum absolute atomic E-state index is 12.9. The fraction of sp³-hybridized carbons (Fsp3) is 0.0741. The van der Waals surface area contributed by atoms with Gasteiger partial charge in [-0.25, -0.2) is 4.98 Å². The van der Waals surface area contributed by atoms with Gasteiger partial charge in [-0.3, -0.25) is 9.59 Å². The van der Waals surface area contributed by atoms with E-state index in [0.29, 0.717) is 16.1 Å². The van der Waals surface area contributed by atoms with Crippen molar-refractivity contribution in [3.63, 3.8) is 0 Å². The third-order valence-corrected chi connectivity index (χ3v) is 7.57. The van der Waals surface area contributed by atoms with E-state index in [9.17, 15) is 9.59 Å². The number of carbonyl (C=O) groups excluding carboxylic acids is 2. The van der Waals surface area contributed by atoms with Crippen molar-refractivity contribution < 1.29 is 9.59 Å². The van der Waals surface area contributed by atoms with Crippen LogP contribution in [-0.4, -0.2) is 21.1 Å². The number of halogens is 1. The van der Waals surface area contributed by atoms with E-state index in [1.807, 2.05) is 38.2 Å². The zero-order valence-electron chi connectivity index (χ0n) is 17.8. The van der Waals surface area contributed by atoms with Gasteiger partial charge in [-0.1, -0.05) is 54.1 Å². The summed E-state index contributed by atoms with van der Waals surface area (Å²) in [5, 5.41) is 2.81. The molecular formula is C27H17ClN2O2S. The molecule has 0 saturated heterocycles. The lowest BCUT2D eigenvalue weighted by Gasteiger charge is -2.06. The van der Waals surface area contributed by atoms with Gasteiger partial charge >= 0.3 is 0 Å². The summed E-state index contributed by atoms with van der Waals surface area (Å²) in [6.45, 7) is 1.83. The molecule has 0 aliphatic heterocycles. The molecule has 2 heterocycles. The summed E-state index contributed by atoms with van der Waals surface area (Å²) < 4.78 is 2.06. The number of aryl methyl sites for hydroxylation is 2. The Morgan fingerprint density at radius 2 is 1.67 bits per heavy atom. The van der Waals surface area contributed by atoms with Crippen LogP contribution >= 0.6 is 22.9 Å². The number of aromatic nitrogens is 2. The first-order valence-electron chi connectivity index (χ1n) is 10.5. The van der Waals surface area contributed by atoms with E-state index in [-0.39, 0.29) is 17.1 Å². The zero-order chi connectivity index (χ0) is 22.9. The Morgan fingerprint density at radius 3 is 2.45 bits per heavy atom. The molecule has 160 valence electrons. The van der Waals surface area contributed by atoms with Crippen LogP contribution in [0.2, 0.25) is 5.02 Å². The Bertz CT molecular complexity index is 1640. The van der Waals surface area contributed by atoms with Gasteiger partial charge in [0.2, 0.25) is 0 Å². The minimum absolute atomic E-state index is 0.174. The van der Waals surface area contributed by atoms with Crippen LogP contribution < -0.4 is 0 Å². The average molecular weight is 469 g/mol. The van der Waals surface area contributed by atoms with Crippen molar-refractivity contribution in [2.75, 3.05) is 0 Å². The van der Waals surface area contributed by atoms with Crippen molar-refractivity contribution >= 4 is 61.7 Å². The fourth-order valence-corrected chi connectivity index (χ4v) is 5.62. The van der Waals surface area contributed by atoms with Gasteiger partial charge < -0.3 is 4.57 Å². The number of allylic oxidation sites excluding steroid dienone is 1. The SMILES string of the molecule is Cc1cc2c(cc1Cl)C(=O)/C(=C\c1cc3c(nc(-c4cccc5ccccc45)n3C)s1)C2=O. The molecule has 6 heteroatoms. The lowest BCUT2D eigenvalue weighted by Crippen LogP contribution is -1.99. The van der Waals surface area contributed by atoms with Gasteiger partial charge in [-0.15, -0.1) is 11.3 Å². The maximum Gasteiger partial charge on any atom is 0.197 e. The molecule has 6 rings (SSSR count). The molecule has 1 aliphatic rings. The van der Waals surface area contributed by atoms with Gasteiger partial charge in [-0.2, -0.15) is 0 Å². The summed E-state index contributed by atoms with van der Waals surface area (Å²) in [7, 11) is 1.99. The van der Waals surface area contributed by atoms with E-state index in [2.05, 4.69) is 28.8 Å². The van der Waals surface area contributed by atoms with Gasteiger partial charge in [0.1, 0.15) is 10.7 Å². The molecule has 0 bridgehead atoms. The van der Waals surface area contributed by atoms with Crippen LogP contribution in [0.15, 0.2) is 66.2 Å². The highest BCUT2D eigenvalue weighted by molar-refractivity contribution is 7.19. The van der Waals surface area contributed by atoms with Gasteiger partial charge in [0.25, 0.3) is 0 Å². The Balaban J connectivity index is 1.43. The van der Waals surface area contributed by atoms with Gasteiger partial charge in [0.15, 0.2) is 11.6 Å². The second-order valence-corrected chi connectivity index (χ2v) is 9.69. The molecule has 3 aromatic carbocycles.